The molecule has 4 rings (SSSR count). The van der Waals surface area contributed by atoms with Crippen LogP contribution in [0.15, 0.2) is 65.1 Å². The molecule has 1 aliphatic rings. The third-order valence-electron chi connectivity index (χ3n) is 5.40. The second-order valence-corrected chi connectivity index (χ2v) is 8.85. The van der Waals surface area contributed by atoms with E-state index < -0.39 is 0 Å². The Morgan fingerprint density at radius 1 is 1.03 bits per heavy atom. The first-order chi connectivity index (χ1) is 14.5. The highest BCUT2D eigenvalue weighted by atomic mass is 79.9. The Kier molecular flexibility index (Phi) is 6.18. The van der Waals surface area contributed by atoms with Gasteiger partial charge >= 0.3 is 0 Å². The van der Waals surface area contributed by atoms with E-state index >= 15 is 0 Å². The molecule has 0 saturated carbocycles. The van der Waals surface area contributed by atoms with Crippen LogP contribution >= 0.6 is 15.9 Å². The Balaban J connectivity index is 1.51. The van der Waals surface area contributed by atoms with Gasteiger partial charge in [0.25, 0.3) is 0 Å². The van der Waals surface area contributed by atoms with Crippen LogP contribution in [0.2, 0.25) is 0 Å². The van der Waals surface area contributed by atoms with Gasteiger partial charge in [-0.05, 0) is 48.1 Å². The maximum atomic E-state index is 4.80. The molecular weight excluding hydrogens is 436 g/mol. The zero-order valence-corrected chi connectivity index (χ0v) is 19.3. The number of benzene rings is 2. The summed E-state index contributed by atoms with van der Waals surface area (Å²) >= 11 is 3.68. The van der Waals surface area contributed by atoms with Crippen molar-refractivity contribution < 1.29 is 0 Å². The lowest BCUT2D eigenvalue weighted by molar-refractivity contribution is 0.812. The number of hydrogen-bond donors (Lipinski definition) is 1. The smallest absolute Gasteiger partial charge is 0.229 e. The molecule has 0 bridgehead atoms. The maximum Gasteiger partial charge on any atom is 0.229 e. The predicted molar refractivity (Wildman–Crippen MR) is 130 cm³/mol. The molecule has 1 aliphatic heterocycles. The number of aromatic nitrogens is 2. The first-order valence-electron chi connectivity index (χ1n) is 10.4. The molecule has 0 atom stereocenters. The molecule has 30 heavy (non-hydrogen) atoms. The Bertz CT molecular complexity index is 1060. The van der Waals surface area contributed by atoms with Crippen molar-refractivity contribution in [2.75, 3.05) is 23.3 Å². The van der Waals surface area contributed by atoms with Crippen LogP contribution in [0.3, 0.4) is 0 Å². The van der Waals surface area contributed by atoms with Crippen LogP contribution in [0.1, 0.15) is 43.0 Å². The largest absolute Gasteiger partial charge is 0.352 e. The molecule has 4 nitrogen and oxygen atoms in total. The molecule has 0 fully saturated rings. The standard InChI is InChI=1S/C25H27BrN4/c1-17(2)22-10-9-21(16-23(22)26)28-25-27-18(3)15-24(29-25)30-13-11-20(12-14-30)19-7-5-4-6-8-19/h4-11,15-17H,12-14H2,1-3H3,(H,27,28,29). The van der Waals surface area contributed by atoms with E-state index in [2.05, 4.69) is 106 Å². The second kappa shape index (κ2) is 9.00. The third-order valence-corrected chi connectivity index (χ3v) is 6.08. The monoisotopic (exact) mass is 462 g/mol. The van der Waals surface area contributed by atoms with E-state index in [1.807, 2.05) is 6.92 Å². The maximum absolute atomic E-state index is 4.80. The molecule has 1 N–H and O–H groups in total. The van der Waals surface area contributed by atoms with Crippen molar-refractivity contribution in [2.45, 2.75) is 33.1 Å². The Hall–Kier alpha value is -2.66. The van der Waals surface area contributed by atoms with Crippen LogP contribution in [0.4, 0.5) is 17.5 Å². The fourth-order valence-electron chi connectivity index (χ4n) is 3.76. The molecule has 0 saturated heterocycles. The highest BCUT2D eigenvalue weighted by Gasteiger charge is 2.16. The van der Waals surface area contributed by atoms with Gasteiger partial charge in [-0.1, -0.05) is 72.3 Å². The lowest BCUT2D eigenvalue weighted by Crippen LogP contribution is -2.29. The zero-order chi connectivity index (χ0) is 21.1. The minimum Gasteiger partial charge on any atom is -0.352 e. The zero-order valence-electron chi connectivity index (χ0n) is 17.7. The molecule has 3 aromatic rings. The molecule has 0 aliphatic carbocycles. The quantitative estimate of drug-likeness (QED) is 0.457. The van der Waals surface area contributed by atoms with Crippen LogP contribution in [0.5, 0.6) is 0 Å². The van der Waals surface area contributed by atoms with Crippen LogP contribution in [0, 0.1) is 6.92 Å². The van der Waals surface area contributed by atoms with E-state index in [-0.39, 0.29) is 0 Å². The summed E-state index contributed by atoms with van der Waals surface area (Å²) in [5.74, 6) is 2.07. The van der Waals surface area contributed by atoms with Crippen LogP contribution < -0.4 is 10.2 Å². The van der Waals surface area contributed by atoms with Crippen LogP contribution in [-0.2, 0) is 0 Å². The lowest BCUT2D eigenvalue weighted by atomic mass is 10.00. The fourth-order valence-corrected chi connectivity index (χ4v) is 4.60. The van der Waals surface area contributed by atoms with Crippen molar-refractivity contribution in [2.24, 2.45) is 0 Å². The van der Waals surface area contributed by atoms with E-state index in [4.69, 9.17) is 4.98 Å². The number of anilines is 3. The first-order valence-corrected chi connectivity index (χ1v) is 11.2. The Morgan fingerprint density at radius 2 is 1.83 bits per heavy atom. The highest BCUT2D eigenvalue weighted by molar-refractivity contribution is 9.10. The minimum atomic E-state index is 0.475. The van der Waals surface area contributed by atoms with Crippen molar-refractivity contribution in [1.29, 1.82) is 0 Å². The molecule has 5 heteroatoms. The average Bonchev–Trinajstić information content (AvgIpc) is 2.74. The fraction of sp³-hybridized carbons (Fsp3) is 0.280. The van der Waals surface area contributed by atoms with Gasteiger partial charge in [0.2, 0.25) is 5.95 Å². The van der Waals surface area contributed by atoms with E-state index in [0.29, 0.717) is 11.9 Å². The Morgan fingerprint density at radius 3 is 2.50 bits per heavy atom. The second-order valence-electron chi connectivity index (χ2n) is 8.00. The SMILES string of the molecule is Cc1cc(N2CC=C(c3ccccc3)CC2)nc(Nc2ccc(C(C)C)c(Br)c2)n1. The highest BCUT2D eigenvalue weighted by Crippen LogP contribution is 2.29. The van der Waals surface area contributed by atoms with Gasteiger partial charge in [0, 0.05) is 35.0 Å². The van der Waals surface area contributed by atoms with Gasteiger partial charge in [0.05, 0.1) is 0 Å². The molecule has 154 valence electrons. The molecular formula is C25H27BrN4. The summed E-state index contributed by atoms with van der Waals surface area (Å²) in [4.78, 5) is 11.7. The molecule has 1 aromatic heterocycles. The van der Waals surface area contributed by atoms with Gasteiger partial charge in [-0.15, -0.1) is 0 Å². The summed E-state index contributed by atoms with van der Waals surface area (Å²) in [5.41, 5.74) is 5.95. The number of halogens is 1. The summed E-state index contributed by atoms with van der Waals surface area (Å²) < 4.78 is 1.10. The summed E-state index contributed by atoms with van der Waals surface area (Å²) in [6, 6.07) is 19.0. The number of nitrogens with zero attached hydrogens (tertiary/aromatic N) is 3. The van der Waals surface area contributed by atoms with Crippen molar-refractivity contribution in [3.05, 3.63) is 82.0 Å². The molecule has 0 radical (unpaired) electrons. The lowest BCUT2D eigenvalue weighted by Gasteiger charge is -2.28. The van der Waals surface area contributed by atoms with Crippen molar-refractivity contribution >= 4 is 39.0 Å². The summed E-state index contributed by atoms with van der Waals surface area (Å²) in [6.07, 6.45) is 3.32. The topological polar surface area (TPSA) is 41.1 Å². The van der Waals surface area contributed by atoms with Gasteiger partial charge in [-0.3, -0.25) is 0 Å². The molecule has 2 aromatic carbocycles. The minimum absolute atomic E-state index is 0.475. The molecule has 0 unspecified atom stereocenters. The number of aryl methyl sites for hydroxylation is 1. The van der Waals surface area contributed by atoms with Crippen LogP contribution in [-0.4, -0.2) is 23.1 Å². The van der Waals surface area contributed by atoms with Gasteiger partial charge < -0.3 is 10.2 Å². The van der Waals surface area contributed by atoms with E-state index in [1.54, 1.807) is 0 Å². The molecule has 0 spiro atoms. The van der Waals surface area contributed by atoms with E-state index in [0.717, 1.165) is 41.2 Å². The van der Waals surface area contributed by atoms with Gasteiger partial charge in [0.15, 0.2) is 0 Å². The van der Waals surface area contributed by atoms with E-state index in [1.165, 1.54) is 16.7 Å². The number of rotatable bonds is 5. The first kappa shape index (κ1) is 20.6. The summed E-state index contributed by atoms with van der Waals surface area (Å²) in [7, 11) is 0. The van der Waals surface area contributed by atoms with Gasteiger partial charge in [-0.2, -0.15) is 4.98 Å². The number of nitrogens with one attached hydrogen (secondary N) is 1. The summed E-state index contributed by atoms with van der Waals surface area (Å²) in [6.45, 7) is 8.21. The normalized spacial score (nSPS) is 14.0. The van der Waals surface area contributed by atoms with Crippen molar-refractivity contribution in [3.8, 4) is 0 Å². The van der Waals surface area contributed by atoms with Crippen LogP contribution in [0.25, 0.3) is 5.57 Å². The average molecular weight is 463 g/mol. The number of hydrogen-bond acceptors (Lipinski definition) is 4. The van der Waals surface area contributed by atoms with E-state index in [9.17, 15) is 0 Å². The van der Waals surface area contributed by atoms with Crippen molar-refractivity contribution in [3.63, 3.8) is 0 Å². The predicted octanol–water partition coefficient (Wildman–Crippen LogP) is 6.71. The molecule has 2 heterocycles. The third kappa shape index (κ3) is 4.73. The van der Waals surface area contributed by atoms with Gasteiger partial charge in [-0.25, -0.2) is 4.98 Å². The Labute approximate surface area is 187 Å². The molecule has 0 amide bonds. The summed E-state index contributed by atoms with van der Waals surface area (Å²) in [5, 5.41) is 3.37. The van der Waals surface area contributed by atoms with Crippen molar-refractivity contribution in [1.82, 2.24) is 9.97 Å². The van der Waals surface area contributed by atoms with Gasteiger partial charge in [0.1, 0.15) is 5.82 Å².